The minimum absolute atomic E-state index is 0.0438. The van der Waals surface area contributed by atoms with E-state index in [4.69, 9.17) is 4.74 Å². The summed E-state index contributed by atoms with van der Waals surface area (Å²) >= 11 is 2.37. The SMILES string of the molecule is COC(C)(C)CCCCCc1cccc(I)c1. The summed E-state index contributed by atoms with van der Waals surface area (Å²) in [5.41, 5.74) is 1.50. The molecule has 0 N–H and O–H groups in total. The van der Waals surface area contributed by atoms with E-state index in [-0.39, 0.29) is 5.60 Å². The highest BCUT2D eigenvalue weighted by Gasteiger charge is 2.14. The summed E-state index contributed by atoms with van der Waals surface area (Å²) in [5, 5.41) is 0. The number of halogens is 1. The quantitative estimate of drug-likeness (QED) is 0.508. The number of ether oxygens (including phenoxy) is 1. The van der Waals surface area contributed by atoms with Gasteiger partial charge in [0.2, 0.25) is 0 Å². The Hall–Kier alpha value is -0.0900. The lowest BCUT2D eigenvalue weighted by Crippen LogP contribution is -2.21. The predicted octanol–water partition coefficient (Wildman–Crippen LogP) is 4.82. The number of benzene rings is 1. The van der Waals surface area contributed by atoms with Crippen molar-refractivity contribution in [1.29, 1.82) is 0 Å². The van der Waals surface area contributed by atoms with E-state index >= 15 is 0 Å². The number of rotatable bonds is 7. The van der Waals surface area contributed by atoms with Gasteiger partial charge in [-0.25, -0.2) is 0 Å². The van der Waals surface area contributed by atoms with Gasteiger partial charge in [-0.2, -0.15) is 0 Å². The van der Waals surface area contributed by atoms with E-state index in [1.165, 1.54) is 34.8 Å². The van der Waals surface area contributed by atoms with Gasteiger partial charge in [-0.3, -0.25) is 0 Å². The molecule has 0 saturated heterocycles. The second-order valence-electron chi connectivity index (χ2n) is 5.15. The van der Waals surface area contributed by atoms with Gasteiger partial charge < -0.3 is 4.74 Å². The van der Waals surface area contributed by atoms with Gasteiger partial charge in [-0.05, 0) is 73.4 Å². The van der Waals surface area contributed by atoms with Crippen LogP contribution in [0.1, 0.15) is 45.1 Å². The molecule has 0 bridgehead atoms. The number of unbranched alkanes of at least 4 members (excludes halogenated alkanes) is 2. The van der Waals surface area contributed by atoms with Gasteiger partial charge >= 0.3 is 0 Å². The van der Waals surface area contributed by atoms with Crippen LogP contribution in [0.25, 0.3) is 0 Å². The van der Waals surface area contributed by atoms with Gasteiger partial charge in [-0.15, -0.1) is 0 Å². The van der Waals surface area contributed by atoms with Crippen LogP contribution in [-0.4, -0.2) is 12.7 Å². The number of aryl methyl sites for hydroxylation is 1. The van der Waals surface area contributed by atoms with Gasteiger partial charge in [0.15, 0.2) is 0 Å². The molecule has 17 heavy (non-hydrogen) atoms. The molecular weight excluding hydrogens is 323 g/mol. The van der Waals surface area contributed by atoms with E-state index in [2.05, 4.69) is 60.7 Å². The van der Waals surface area contributed by atoms with Crippen LogP contribution in [0, 0.1) is 3.57 Å². The number of hydrogen-bond donors (Lipinski definition) is 0. The highest BCUT2D eigenvalue weighted by atomic mass is 127. The van der Waals surface area contributed by atoms with E-state index < -0.39 is 0 Å². The minimum atomic E-state index is 0.0438. The second kappa shape index (κ2) is 7.37. The lowest BCUT2D eigenvalue weighted by Gasteiger charge is -2.22. The molecule has 0 aliphatic rings. The van der Waals surface area contributed by atoms with Crippen molar-refractivity contribution >= 4 is 22.6 Å². The topological polar surface area (TPSA) is 9.23 Å². The van der Waals surface area contributed by atoms with E-state index in [1.807, 2.05) is 0 Å². The normalized spacial score (nSPS) is 11.8. The summed E-state index contributed by atoms with van der Waals surface area (Å²) in [7, 11) is 1.80. The van der Waals surface area contributed by atoms with Crippen molar-refractivity contribution in [3.8, 4) is 0 Å². The van der Waals surface area contributed by atoms with Gasteiger partial charge in [-0.1, -0.05) is 25.0 Å². The average molecular weight is 346 g/mol. The average Bonchev–Trinajstić information content (AvgIpc) is 2.29. The molecule has 1 aromatic carbocycles. The van der Waals surface area contributed by atoms with Crippen molar-refractivity contribution in [2.45, 2.75) is 51.6 Å². The molecule has 0 heterocycles. The molecule has 1 aromatic rings. The summed E-state index contributed by atoms with van der Waals surface area (Å²) in [6.07, 6.45) is 6.17. The van der Waals surface area contributed by atoms with Crippen LogP contribution in [0.4, 0.5) is 0 Å². The zero-order valence-corrected chi connectivity index (χ0v) is 13.3. The minimum Gasteiger partial charge on any atom is -0.379 e. The zero-order chi connectivity index (χ0) is 12.7. The van der Waals surface area contributed by atoms with Crippen LogP contribution in [0.2, 0.25) is 0 Å². The molecule has 0 radical (unpaired) electrons. The first-order valence-electron chi connectivity index (χ1n) is 6.33. The third-order valence-electron chi connectivity index (χ3n) is 3.19. The summed E-state index contributed by atoms with van der Waals surface area (Å²) < 4.78 is 6.75. The molecule has 0 atom stereocenters. The molecule has 96 valence electrons. The Morgan fingerprint density at radius 2 is 1.94 bits per heavy atom. The summed E-state index contributed by atoms with van der Waals surface area (Å²) in [5.74, 6) is 0. The van der Waals surface area contributed by atoms with Crippen LogP contribution in [-0.2, 0) is 11.2 Å². The van der Waals surface area contributed by atoms with E-state index in [0.29, 0.717) is 0 Å². The smallest absolute Gasteiger partial charge is 0.0622 e. The Morgan fingerprint density at radius 1 is 1.18 bits per heavy atom. The van der Waals surface area contributed by atoms with Gasteiger partial charge in [0.1, 0.15) is 0 Å². The van der Waals surface area contributed by atoms with Crippen LogP contribution in [0.5, 0.6) is 0 Å². The number of methoxy groups -OCH3 is 1. The third kappa shape index (κ3) is 6.41. The largest absolute Gasteiger partial charge is 0.379 e. The Kier molecular flexibility index (Phi) is 6.49. The molecule has 0 unspecified atom stereocenters. The Balaban J connectivity index is 2.17. The van der Waals surface area contributed by atoms with Crippen molar-refractivity contribution in [3.63, 3.8) is 0 Å². The van der Waals surface area contributed by atoms with Crippen LogP contribution in [0.3, 0.4) is 0 Å². The van der Waals surface area contributed by atoms with E-state index in [9.17, 15) is 0 Å². The van der Waals surface area contributed by atoms with Crippen LogP contribution < -0.4 is 0 Å². The molecule has 0 saturated carbocycles. The Labute approximate surface area is 119 Å². The highest BCUT2D eigenvalue weighted by Crippen LogP contribution is 2.18. The molecular formula is C15H23IO. The molecule has 0 aromatic heterocycles. The predicted molar refractivity (Wildman–Crippen MR) is 82.4 cm³/mol. The molecule has 0 spiro atoms. The van der Waals surface area contributed by atoms with Crippen molar-refractivity contribution in [3.05, 3.63) is 33.4 Å². The maximum absolute atomic E-state index is 5.42. The monoisotopic (exact) mass is 346 g/mol. The molecule has 0 aliphatic carbocycles. The van der Waals surface area contributed by atoms with Crippen molar-refractivity contribution in [2.75, 3.05) is 7.11 Å². The fourth-order valence-corrected chi connectivity index (χ4v) is 2.46. The lowest BCUT2D eigenvalue weighted by atomic mass is 9.99. The van der Waals surface area contributed by atoms with Crippen molar-refractivity contribution in [1.82, 2.24) is 0 Å². The highest BCUT2D eigenvalue weighted by molar-refractivity contribution is 14.1. The Morgan fingerprint density at radius 3 is 2.59 bits per heavy atom. The molecule has 0 aliphatic heterocycles. The first kappa shape index (κ1) is 15.0. The Bertz CT molecular complexity index is 333. The molecule has 1 rings (SSSR count). The van der Waals surface area contributed by atoms with E-state index in [0.717, 1.165) is 6.42 Å². The van der Waals surface area contributed by atoms with Gasteiger partial charge in [0.25, 0.3) is 0 Å². The molecule has 0 amide bonds. The lowest BCUT2D eigenvalue weighted by molar-refractivity contribution is 0.0134. The van der Waals surface area contributed by atoms with Crippen LogP contribution in [0.15, 0.2) is 24.3 Å². The molecule has 0 fully saturated rings. The zero-order valence-electron chi connectivity index (χ0n) is 11.1. The third-order valence-corrected chi connectivity index (χ3v) is 3.86. The summed E-state index contributed by atoms with van der Waals surface area (Å²) in [4.78, 5) is 0. The fourth-order valence-electron chi connectivity index (χ4n) is 1.85. The molecule has 1 nitrogen and oxygen atoms in total. The standard InChI is InChI=1S/C15H23IO/c1-15(2,17-3)11-6-4-5-8-13-9-7-10-14(16)12-13/h7,9-10,12H,4-6,8,11H2,1-3H3. The first-order valence-corrected chi connectivity index (χ1v) is 7.41. The summed E-state index contributed by atoms with van der Waals surface area (Å²) in [6.45, 7) is 4.32. The van der Waals surface area contributed by atoms with Gasteiger partial charge in [0, 0.05) is 10.7 Å². The molecule has 2 heteroatoms. The number of hydrogen-bond acceptors (Lipinski definition) is 1. The second-order valence-corrected chi connectivity index (χ2v) is 6.40. The summed E-state index contributed by atoms with van der Waals surface area (Å²) in [6, 6.07) is 8.79. The first-order chi connectivity index (χ1) is 8.03. The van der Waals surface area contributed by atoms with Gasteiger partial charge in [0.05, 0.1) is 5.60 Å². The van der Waals surface area contributed by atoms with E-state index in [1.54, 1.807) is 7.11 Å². The van der Waals surface area contributed by atoms with Crippen molar-refractivity contribution < 1.29 is 4.74 Å². The fraction of sp³-hybridized carbons (Fsp3) is 0.600. The maximum atomic E-state index is 5.42. The van der Waals surface area contributed by atoms with Crippen molar-refractivity contribution in [2.24, 2.45) is 0 Å². The maximum Gasteiger partial charge on any atom is 0.0622 e. The van der Waals surface area contributed by atoms with Crippen LogP contribution >= 0.6 is 22.6 Å².